The van der Waals surface area contributed by atoms with Gasteiger partial charge in [-0.25, -0.2) is 8.42 Å². The predicted molar refractivity (Wildman–Crippen MR) is 135 cm³/mol. The Bertz CT molecular complexity index is 1520. The lowest BCUT2D eigenvalue weighted by Gasteiger charge is -2.26. The lowest BCUT2D eigenvalue weighted by Crippen LogP contribution is -2.38. The first-order valence-corrected chi connectivity index (χ1v) is 12.6. The van der Waals surface area contributed by atoms with Crippen LogP contribution in [0.15, 0.2) is 59.5 Å². The summed E-state index contributed by atoms with van der Waals surface area (Å²) < 4.78 is 72.6. The van der Waals surface area contributed by atoms with E-state index in [4.69, 9.17) is 27.9 Å². The number of sulfonamides is 1. The van der Waals surface area contributed by atoms with E-state index < -0.39 is 55.4 Å². The third-order valence-corrected chi connectivity index (χ3v) is 7.55. The van der Waals surface area contributed by atoms with Gasteiger partial charge in [-0.15, -0.1) is 0 Å². The number of halogens is 5. The number of nitrogens with one attached hydrogen (secondary N) is 1. The molecule has 3 aromatic rings. The minimum absolute atomic E-state index is 0.0236. The van der Waals surface area contributed by atoms with Gasteiger partial charge in [0.1, 0.15) is 12.3 Å². The summed E-state index contributed by atoms with van der Waals surface area (Å²) in [5.74, 6) is -1.09. The first kappa shape index (κ1) is 29.0. The van der Waals surface area contributed by atoms with Crippen molar-refractivity contribution < 1.29 is 36.0 Å². The molecule has 202 valence electrons. The molecule has 3 aromatic carbocycles. The Labute approximate surface area is 224 Å². The summed E-state index contributed by atoms with van der Waals surface area (Å²) in [5.41, 5.74) is -1.99. The van der Waals surface area contributed by atoms with Crippen LogP contribution in [-0.2, 0) is 21.0 Å². The minimum atomic E-state index is -4.73. The standard InChI is InChI=1S/C23H18Cl2F3N3O6S/c1-13-3-6-16(11-19(13)31(33)34)38(35,36)30(20-10-15(24)5-8-21(20)37-2)12-22(32)29-18-9-14(23(26,27)28)4-7-17(18)25/h3-11H,12H2,1-2H3,(H,29,32). The van der Waals surface area contributed by atoms with Crippen molar-refractivity contribution in [3.05, 3.63) is 85.9 Å². The van der Waals surface area contributed by atoms with Gasteiger partial charge in [0, 0.05) is 16.7 Å². The number of rotatable bonds is 8. The Hall–Kier alpha value is -3.55. The van der Waals surface area contributed by atoms with Crippen molar-refractivity contribution in [1.82, 2.24) is 0 Å². The molecule has 15 heteroatoms. The molecule has 1 amide bonds. The number of benzene rings is 3. The van der Waals surface area contributed by atoms with Gasteiger partial charge in [-0.2, -0.15) is 13.2 Å². The van der Waals surface area contributed by atoms with Gasteiger partial charge in [-0.05, 0) is 49.4 Å². The molecule has 0 radical (unpaired) electrons. The highest BCUT2D eigenvalue weighted by atomic mass is 35.5. The highest BCUT2D eigenvalue weighted by Gasteiger charge is 2.33. The second-order valence-electron chi connectivity index (χ2n) is 7.77. The number of carbonyl (C=O) groups is 1. The number of nitro benzene ring substituents is 1. The van der Waals surface area contributed by atoms with Crippen LogP contribution in [0.4, 0.5) is 30.2 Å². The maximum atomic E-state index is 13.7. The number of alkyl halides is 3. The summed E-state index contributed by atoms with van der Waals surface area (Å²) in [6, 6.07) is 9.33. The molecule has 0 unspecified atom stereocenters. The van der Waals surface area contributed by atoms with Crippen LogP contribution in [0.5, 0.6) is 5.75 Å². The molecule has 0 fully saturated rings. The Morgan fingerprint density at radius 1 is 1.11 bits per heavy atom. The third-order valence-electron chi connectivity index (χ3n) is 5.23. The van der Waals surface area contributed by atoms with Crippen LogP contribution in [0.2, 0.25) is 10.0 Å². The number of nitro groups is 1. The summed E-state index contributed by atoms with van der Waals surface area (Å²) in [6.45, 7) is 0.436. The molecule has 0 saturated carbocycles. The van der Waals surface area contributed by atoms with E-state index in [2.05, 4.69) is 5.32 Å². The summed E-state index contributed by atoms with van der Waals surface area (Å²) in [4.78, 5) is 23.1. The van der Waals surface area contributed by atoms with Crippen molar-refractivity contribution >= 4 is 56.2 Å². The van der Waals surface area contributed by atoms with E-state index in [0.717, 1.165) is 24.3 Å². The number of hydrogen-bond donors (Lipinski definition) is 1. The fraction of sp³-hybridized carbons (Fsp3) is 0.174. The lowest BCUT2D eigenvalue weighted by atomic mass is 10.2. The average Bonchev–Trinajstić information content (AvgIpc) is 2.83. The fourth-order valence-corrected chi connectivity index (χ4v) is 5.12. The van der Waals surface area contributed by atoms with E-state index in [1.165, 1.54) is 38.3 Å². The van der Waals surface area contributed by atoms with Crippen molar-refractivity contribution in [3.8, 4) is 5.75 Å². The number of carbonyl (C=O) groups excluding carboxylic acids is 1. The molecule has 0 bridgehead atoms. The van der Waals surface area contributed by atoms with Crippen LogP contribution in [0.3, 0.4) is 0 Å². The second-order valence-corrected chi connectivity index (χ2v) is 10.5. The van der Waals surface area contributed by atoms with Gasteiger partial charge < -0.3 is 10.1 Å². The molecule has 0 heterocycles. The van der Waals surface area contributed by atoms with E-state index in [0.29, 0.717) is 10.4 Å². The van der Waals surface area contributed by atoms with Crippen LogP contribution in [0, 0.1) is 17.0 Å². The zero-order chi connectivity index (χ0) is 28.4. The van der Waals surface area contributed by atoms with Crippen LogP contribution in [0.25, 0.3) is 0 Å². The number of amides is 1. The molecule has 0 aliphatic rings. The number of hydrogen-bond acceptors (Lipinski definition) is 6. The molecule has 0 aliphatic heterocycles. The Balaban J connectivity index is 2.10. The summed E-state index contributed by atoms with van der Waals surface area (Å²) in [6.07, 6.45) is -4.73. The first-order chi connectivity index (χ1) is 17.6. The fourth-order valence-electron chi connectivity index (χ4n) is 3.35. The largest absolute Gasteiger partial charge is 0.495 e. The van der Waals surface area contributed by atoms with Crippen LogP contribution >= 0.6 is 23.2 Å². The molecule has 38 heavy (non-hydrogen) atoms. The smallest absolute Gasteiger partial charge is 0.416 e. The van der Waals surface area contributed by atoms with Crippen molar-refractivity contribution in [3.63, 3.8) is 0 Å². The molecule has 1 N–H and O–H groups in total. The summed E-state index contributed by atoms with van der Waals surface area (Å²) in [5, 5.41) is 13.4. The molecular weight excluding hydrogens is 574 g/mol. The minimum Gasteiger partial charge on any atom is -0.495 e. The molecule has 0 atom stereocenters. The SMILES string of the molecule is COc1ccc(Cl)cc1N(CC(=O)Nc1cc(C(F)(F)F)ccc1Cl)S(=O)(=O)c1ccc(C)c([N+](=O)[O-])c1. The van der Waals surface area contributed by atoms with E-state index in [-0.39, 0.29) is 27.0 Å². The van der Waals surface area contributed by atoms with Gasteiger partial charge in [0.2, 0.25) is 5.91 Å². The molecule has 0 aliphatic carbocycles. The number of aryl methyl sites for hydroxylation is 1. The van der Waals surface area contributed by atoms with E-state index in [1.54, 1.807) is 0 Å². The zero-order valence-electron chi connectivity index (χ0n) is 19.5. The van der Waals surface area contributed by atoms with Gasteiger partial charge in [0.15, 0.2) is 0 Å². The van der Waals surface area contributed by atoms with Gasteiger partial charge >= 0.3 is 6.18 Å². The molecule has 0 spiro atoms. The molecule has 3 rings (SSSR count). The molecule has 0 aromatic heterocycles. The lowest BCUT2D eigenvalue weighted by molar-refractivity contribution is -0.385. The third kappa shape index (κ3) is 6.29. The first-order valence-electron chi connectivity index (χ1n) is 10.4. The maximum absolute atomic E-state index is 13.7. The van der Waals surface area contributed by atoms with Crippen molar-refractivity contribution in [2.75, 3.05) is 23.3 Å². The summed E-state index contributed by atoms with van der Waals surface area (Å²) in [7, 11) is -3.46. The van der Waals surface area contributed by atoms with Crippen LogP contribution in [-0.4, -0.2) is 32.9 Å². The van der Waals surface area contributed by atoms with Crippen molar-refractivity contribution in [1.29, 1.82) is 0 Å². The molecular formula is C23H18Cl2F3N3O6S. The molecule has 9 nitrogen and oxygen atoms in total. The highest BCUT2D eigenvalue weighted by Crippen LogP contribution is 2.37. The van der Waals surface area contributed by atoms with Crippen molar-refractivity contribution in [2.24, 2.45) is 0 Å². The van der Waals surface area contributed by atoms with Gasteiger partial charge in [-0.3, -0.25) is 19.2 Å². The van der Waals surface area contributed by atoms with Crippen LogP contribution < -0.4 is 14.4 Å². The maximum Gasteiger partial charge on any atom is 0.416 e. The van der Waals surface area contributed by atoms with Gasteiger partial charge in [-0.1, -0.05) is 29.3 Å². The average molecular weight is 592 g/mol. The topological polar surface area (TPSA) is 119 Å². The van der Waals surface area contributed by atoms with E-state index in [1.807, 2.05) is 0 Å². The van der Waals surface area contributed by atoms with Gasteiger partial charge in [0.05, 0.1) is 38.9 Å². The van der Waals surface area contributed by atoms with E-state index >= 15 is 0 Å². The number of nitrogens with zero attached hydrogens (tertiary/aromatic N) is 2. The van der Waals surface area contributed by atoms with Gasteiger partial charge in [0.25, 0.3) is 15.7 Å². The Kier molecular flexibility index (Phi) is 8.44. The van der Waals surface area contributed by atoms with E-state index in [9.17, 15) is 36.5 Å². The number of anilines is 2. The highest BCUT2D eigenvalue weighted by molar-refractivity contribution is 7.92. The summed E-state index contributed by atoms with van der Waals surface area (Å²) >= 11 is 12.0. The van der Waals surface area contributed by atoms with Crippen LogP contribution in [0.1, 0.15) is 11.1 Å². The monoisotopic (exact) mass is 591 g/mol. The predicted octanol–water partition coefficient (Wildman–Crippen LogP) is 6.07. The number of ether oxygens (including phenoxy) is 1. The Morgan fingerprint density at radius 3 is 2.39 bits per heavy atom. The van der Waals surface area contributed by atoms with Crippen molar-refractivity contribution in [2.45, 2.75) is 18.0 Å². The quantitative estimate of drug-likeness (QED) is 0.251. The number of methoxy groups -OCH3 is 1. The zero-order valence-corrected chi connectivity index (χ0v) is 21.9. The Morgan fingerprint density at radius 2 is 1.79 bits per heavy atom. The normalized spacial score (nSPS) is 11.7. The molecule has 0 saturated heterocycles. The second kappa shape index (κ2) is 11.1.